The van der Waals surface area contributed by atoms with Crippen molar-refractivity contribution in [2.24, 2.45) is 5.73 Å². The number of nitrogens with two attached hydrogens (primary N) is 1. The van der Waals surface area contributed by atoms with Crippen LogP contribution in [0.15, 0.2) is 12.1 Å². The Morgan fingerprint density at radius 1 is 1.38 bits per heavy atom. The molecule has 0 spiro atoms. The van der Waals surface area contributed by atoms with Gasteiger partial charge in [0.2, 0.25) is 0 Å². The summed E-state index contributed by atoms with van der Waals surface area (Å²) in [6.07, 6.45) is -0.679. The first-order chi connectivity index (χ1) is 6.09. The van der Waals surface area contributed by atoms with Gasteiger partial charge in [0.1, 0.15) is 11.6 Å². The second kappa shape index (κ2) is 2.75. The molecule has 0 unspecified atom stereocenters. The lowest BCUT2D eigenvalue weighted by Gasteiger charge is -2.08. The molecule has 13 heavy (non-hydrogen) atoms. The molecule has 0 radical (unpaired) electrons. The molecule has 2 rings (SSSR count). The van der Waals surface area contributed by atoms with Gasteiger partial charge in [0.25, 0.3) is 0 Å². The number of benzene rings is 1. The van der Waals surface area contributed by atoms with E-state index in [1.54, 1.807) is 0 Å². The predicted octanol–water partition coefficient (Wildman–Crippen LogP) is 0.882. The second-order valence-electron chi connectivity index (χ2n) is 3.27. The summed E-state index contributed by atoms with van der Waals surface area (Å²) in [5.74, 6) is -1.34. The van der Waals surface area contributed by atoms with Crippen molar-refractivity contribution in [3.05, 3.63) is 34.9 Å². The van der Waals surface area contributed by atoms with Gasteiger partial charge >= 0.3 is 0 Å². The minimum Gasteiger partial charge on any atom is -0.387 e. The molecule has 1 aliphatic carbocycles. The summed E-state index contributed by atoms with van der Waals surface area (Å²) in [6.45, 7) is 0. The fourth-order valence-corrected chi connectivity index (χ4v) is 1.72. The predicted molar refractivity (Wildman–Crippen MR) is 43.0 cm³/mol. The first-order valence-electron chi connectivity index (χ1n) is 4.01. The van der Waals surface area contributed by atoms with Gasteiger partial charge in [0.15, 0.2) is 0 Å². The van der Waals surface area contributed by atoms with E-state index in [0.29, 0.717) is 12.0 Å². The van der Waals surface area contributed by atoms with E-state index in [-0.39, 0.29) is 5.56 Å². The smallest absolute Gasteiger partial charge is 0.132 e. The molecule has 4 heteroatoms. The van der Waals surface area contributed by atoms with Crippen LogP contribution in [0.3, 0.4) is 0 Å². The van der Waals surface area contributed by atoms with Gasteiger partial charge in [-0.2, -0.15) is 0 Å². The first kappa shape index (κ1) is 8.59. The Morgan fingerprint density at radius 2 is 2.08 bits per heavy atom. The van der Waals surface area contributed by atoms with Crippen LogP contribution >= 0.6 is 0 Å². The van der Waals surface area contributed by atoms with Gasteiger partial charge in [-0.25, -0.2) is 8.78 Å². The van der Waals surface area contributed by atoms with Crippen molar-refractivity contribution in [1.82, 2.24) is 0 Å². The molecule has 0 fully saturated rings. The number of hydrogen-bond acceptors (Lipinski definition) is 2. The summed E-state index contributed by atoms with van der Waals surface area (Å²) in [5.41, 5.74) is 6.13. The van der Waals surface area contributed by atoms with E-state index >= 15 is 0 Å². The minimum atomic E-state index is -1.00. The SMILES string of the molecule is N[C@@H]1Cc2cc(F)cc(F)c2[C@H]1O. The van der Waals surface area contributed by atoms with Gasteiger partial charge in [-0.15, -0.1) is 0 Å². The van der Waals surface area contributed by atoms with Crippen LogP contribution in [0, 0.1) is 11.6 Å². The Kier molecular flexibility index (Phi) is 1.82. The first-order valence-corrected chi connectivity index (χ1v) is 4.01. The van der Waals surface area contributed by atoms with Gasteiger partial charge in [-0.3, -0.25) is 0 Å². The topological polar surface area (TPSA) is 46.2 Å². The Bertz CT molecular complexity index is 354. The molecule has 0 amide bonds. The molecule has 0 bridgehead atoms. The van der Waals surface area contributed by atoms with Crippen molar-refractivity contribution in [2.75, 3.05) is 0 Å². The summed E-state index contributed by atoms with van der Waals surface area (Å²) in [4.78, 5) is 0. The molecule has 0 heterocycles. The minimum absolute atomic E-state index is 0.147. The molecule has 1 aliphatic rings. The summed E-state index contributed by atoms with van der Waals surface area (Å²) < 4.78 is 25.8. The van der Waals surface area contributed by atoms with Crippen LogP contribution in [0.5, 0.6) is 0 Å². The van der Waals surface area contributed by atoms with Crippen molar-refractivity contribution in [3.8, 4) is 0 Å². The molecule has 3 N–H and O–H groups in total. The summed E-state index contributed by atoms with van der Waals surface area (Å²) in [5, 5.41) is 9.43. The van der Waals surface area contributed by atoms with Crippen LogP contribution in [-0.4, -0.2) is 11.1 Å². The van der Waals surface area contributed by atoms with Crippen LogP contribution in [0.25, 0.3) is 0 Å². The summed E-state index contributed by atoms with van der Waals surface area (Å²) in [6, 6.07) is 1.46. The van der Waals surface area contributed by atoms with Crippen molar-refractivity contribution in [1.29, 1.82) is 0 Å². The van der Waals surface area contributed by atoms with Gasteiger partial charge in [-0.1, -0.05) is 0 Å². The number of hydrogen-bond donors (Lipinski definition) is 2. The zero-order valence-electron chi connectivity index (χ0n) is 6.80. The van der Waals surface area contributed by atoms with E-state index in [9.17, 15) is 13.9 Å². The summed E-state index contributed by atoms with van der Waals surface area (Å²) >= 11 is 0. The number of fused-ring (bicyclic) bond motifs is 1. The number of rotatable bonds is 0. The van der Waals surface area contributed by atoms with Crippen LogP contribution < -0.4 is 5.73 Å². The molecule has 2 nitrogen and oxygen atoms in total. The average molecular weight is 185 g/mol. The standard InChI is InChI=1S/C9H9F2NO/c10-5-1-4-2-7(12)9(13)8(4)6(11)3-5/h1,3,7,9,13H,2,12H2/t7-,9+/m1/s1. The monoisotopic (exact) mass is 185 g/mol. The maximum atomic E-state index is 13.1. The lowest BCUT2D eigenvalue weighted by Crippen LogP contribution is -2.24. The number of aliphatic hydroxyl groups is 1. The third kappa shape index (κ3) is 1.22. The Labute approximate surface area is 74.0 Å². The van der Waals surface area contributed by atoms with Gasteiger partial charge in [0.05, 0.1) is 6.10 Å². The van der Waals surface area contributed by atoms with E-state index in [4.69, 9.17) is 5.73 Å². The van der Waals surface area contributed by atoms with E-state index in [1.165, 1.54) is 6.07 Å². The van der Waals surface area contributed by atoms with Crippen molar-refractivity contribution in [3.63, 3.8) is 0 Å². The van der Waals surface area contributed by atoms with Crippen LogP contribution in [0.1, 0.15) is 17.2 Å². The van der Waals surface area contributed by atoms with Crippen LogP contribution in [-0.2, 0) is 6.42 Å². The molecule has 0 aliphatic heterocycles. The number of aliphatic hydroxyl groups excluding tert-OH is 1. The van der Waals surface area contributed by atoms with Crippen molar-refractivity contribution < 1.29 is 13.9 Å². The largest absolute Gasteiger partial charge is 0.387 e. The Hall–Kier alpha value is -1.00. The molecular formula is C9H9F2NO. The molecule has 2 atom stereocenters. The van der Waals surface area contributed by atoms with E-state index in [1.807, 2.05) is 0 Å². The molecule has 0 aromatic heterocycles. The molecule has 70 valence electrons. The van der Waals surface area contributed by atoms with Crippen LogP contribution in [0.4, 0.5) is 8.78 Å². The highest BCUT2D eigenvalue weighted by molar-refractivity contribution is 5.37. The molecule has 0 saturated carbocycles. The van der Waals surface area contributed by atoms with Gasteiger partial charge in [-0.05, 0) is 18.1 Å². The third-order valence-electron chi connectivity index (χ3n) is 2.34. The maximum absolute atomic E-state index is 13.1. The highest BCUT2D eigenvalue weighted by Crippen LogP contribution is 2.32. The zero-order valence-corrected chi connectivity index (χ0v) is 6.80. The van der Waals surface area contributed by atoms with Gasteiger partial charge in [0, 0.05) is 17.7 Å². The van der Waals surface area contributed by atoms with Crippen molar-refractivity contribution in [2.45, 2.75) is 18.6 Å². The summed E-state index contributed by atoms with van der Waals surface area (Å²) in [7, 11) is 0. The van der Waals surface area contributed by atoms with E-state index in [2.05, 4.69) is 0 Å². The van der Waals surface area contributed by atoms with Crippen LogP contribution in [0.2, 0.25) is 0 Å². The third-order valence-corrected chi connectivity index (χ3v) is 2.34. The lowest BCUT2D eigenvalue weighted by atomic mass is 10.1. The highest BCUT2D eigenvalue weighted by atomic mass is 19.1. The van der Waals surface area contributed by atoms with Crippen molar-refractivity contribution >= 4 is 0 Å². The Balaban J connectivity index is 2.57. The molecule has 1 aromatic rings. The van der Waals surface area contributed by atoms with Gasteiger partial charge < -0.3 is 10.8 Å². The second-order valence-corrected chi connectivity index (χ2v) is 3.27. The fraction of sp³-hybridized carbons (Fsp3) is 0.333. The number of halogens is 2. The fourth-order valence-electron chi connectivity index (χ4n) is 1.72. The molecular weight excluding hydrogens is 176 g/mol. The lowest BCUT2D eigenvalue weighted by molar-refractivity contribution is 0.155. The highest BCUT2D eigenvalue weighted by Gasteiger charge is 2.31. The maximum Gasteiger partial charge on any atom is 0.132 e. The average Bonchev–Trinajstić information content (AvgIpc) is 2.27. The van der Waals surface area contributed by atoms with E-state index in [0.717, 1.165) is 6.07 Å². The molecule has 0 saturated heterocycles. The zero-order chi connectivity index (χ0) is 9.59. The Morgan fingerprint density at radius 3 is 2.77 bits per heavy atom. The van der Waals surface area contributed by atoms with E-state index < -0.39 is 23.8 Å². The normalized spacial score (nSPS) is 26.2. The quantitative estimate of drug-likeness (QED) is 0.630. The molecule has 1 aromatic carbocycles.